The highest BCUT2D eigenvalue weighted by Gasteiger charge is 2.03. The zero-order chi connectivity index (χ0) is 11.5. The number of aromatic hydroxyl groups is 1. The Labute approximate surface area is 95.7 Å². The summed E-state index contributed by atoms with van der Waals surface area (Å²) in [6.45, 7) is 0. The molecule has 0 bridgehead atoms. The molecular formula is C12H10O3S. The molecule has 82 valence electrons. The van der Waals surface area contributed by atoms with Crippen LogP contribution in [0.3, 0.4) is 0 Å². The maximum atomic E-state index is 10.9. The molecule has 2 rings (SSSR count). The highest BCUT2D eigenvalue weighted by molar-refractivity contribution is 7.79. The highest BCUT2D eigenvalue weighted by Crippen LogP contribution is 2.24. The minimum atomic E-state index is -1.98. The van der Waals surface area contributed by atoms with Gasteiger partial charge < -0.3 is 9.66 Å². The van der Waals surface area contributed by atoms with E-state index in [-0.39, 0.29) is 5.75 Å². The van der Waals surface area contributed by atoms with Crippen molar-refractivity contribution >= 4 is 11.1 Å². The van der Waals surface area contributed by atoms with Crippen LogP contribution in [0.4, 0.5) is 0 Å². The van der Waals surface area contributed by atoms with Gasteiger partial charge in [0.2, 0.25) is 0 Å². The predicted octanol–water partition coefficient (Wildman–Crippen LogP) is 2.64. The van der Waals surface area contributed by atoms with Crippen molar-refractivity contribution in [2.45, 2.75) is 4.90 Å². The van der Waals surface area contributed by atoms with Gasteiger partial charge in [-0.15, -0.1) is 0 Å². The molecule has 3 nitrogen and oxygen atoms in total. The summed E-state index contributed by atoms with van der Waals surface area (Å²) in [7, 11) is 0. The lowest BCUT2D eigenvalue weighted by molar-refractivity contribution is 0.475. The van der Waals surface area contributed by atoms with Gasteiger partial charge in [-0.05, 0) is 35.4 Å². The van der Waals surface area contributed by atoms with E-state index in [0.717, 1.165) is 11.1 Å². The van der Waals surface area contributed by atoms with Gasteiger partial charge in [0.1, 0.15) is 5.75 Å². The molecule has 4 heteroatoms. The summed E-state index contributed by atoms with van der Waals surface area (Å²) in [6.07, 6.45) is 0. The maximum Gasteiger partial charge on any atom is 0.186 e. The van der Waals surface area contributed by atoms with Gasteiger partial charge in [0.05, 0.1) is 4.90 Å². The monoisotopic (exact) mass is 234 g/mol. The lowest BCUT2D eigenvalue weighted by atomic mass is 10.1. The average molecular weight is 234 g/mol. The molecule has 1 unspecified atom stereocenters. The van der Waals surface area contributed by atoms with Crippen LogP contribution in [0.2, 0.25) is 0 Å². The molecule has 0 radical (unpaired) electrons. The zero-order valence-electron chi connectivity index (χ0n) is 8.33. The van der Waals surface area contributed by atoms with E-state index in [4.69, 9.17) is 4.55 Å². The first-order valence-electron chi connectivity index (χ1n) is 4.67. The molecule has 0 saturated carbocycles. The third-order valence-electron chi connectivity index (χ3n) is 2.22. The van der Waals surface area contributed by atoms with E-state index in [1.807, 2.05) is 12.1 Å². The van der Waals surface area contributed by atoms with Crippen LogP contribution in [-0.4, -0.2) is 13.9 Å². The Bertz CT molecular complexity index is 537. The highest BCUT2D eigenvalue weighted by atomic mass is 32.2. The normalized spacial score (nSPS) is 12.3. The fourth-order valence-electron chi connectivity index (χ4n) is 1.47. The molecule has 0 aliphatic heterocycles. The van der Waals surface area contributed by atoms with Crippen LogP contribution in [0.1, 0.15) is 0 Å². The summed E-state index contributed by atoms with van der Waals surface area (Å²) >= 11 is -1.98. The van der Waals surface area contributed by atoms with Crippen molar-refractivity contribution in [3.05, 3.63) is 48.5 Å². The summed E-state index contributed by atoms with van der Waals surface area (Å²) in [4.78, 5) is 0.348. The fraction of sp³-hybridized carbons (Fsp3) is 0. The predicted molar refractivity (Wildman–Crippen MR) is 62.6 cm³/mol. The van der Waals surface area contributed by atoms with E-state index >= 15 is 0 Å². The number of phenolic OH excluding ortho intramolecular Hbond substituents is 1. The van der Waals surface area contributed by atoms with E-state index in [0.29, 0.717) is 4.90 Å². The second kappa shape index (κ2) is 4.47. The second-order valence-electron chi connectivity index (χ2n) is 3.33. The molecule has 0 amide bonds. The van der Waals surface area contributed by atoms with Crippen molar-refractivity contribution in [2.24, 2.45) is 0 Å². The molecule has 0 aromatic heterocycles. The summed E-state index contributed by atoms with van der Waals surface area (Å²) in [5, 5.41) is 9.34. The van der Waals surface area contributed by atoms with Gasteiger partial charge in [-0.3, -0.25) is 0 Å². The summed E-state index contributed by atoms with van der Waals surface area (Å²) in [5.74, 6) is 0.174. The minimum absolute atomic E-state index is 0.174. The third kappa shape index (κ3) is 2.29. The van der Waals surface area contributed by atoms with Crippen LogP contribution >= 0.6 is 0 Å². The Hall–Kier alpha value is -1.65. The SMILES string of the molecule is O=S(O)c1cccc(-c2cccc(O)c2)c1. The number of hydrogen-bond acceptors (Lipinski definition) is 2. The lowest BCUT2D eigenvalue weighted by Crippen LogP contribution is -1.88. The Balaban J connectivity index is 2.48. The maximum absolute atomic E-state index is 10.9. The molecule has 2 aromatic rings. The van der Waals surface area contributed by atoms with Crippen LogP contribution < -0.4 is 0 Å². The Morgan fingerprint density at radius 3 is 2.19 bits per heavy atom. The first kappa shape index (κ1) is 10.9. The minimum Gasteiger partial charge on any atom is -0.508 e. The van der Waals surface area contributed by atoms with Crippen LogP contribution in [0.5, 0.6) is 5.75 Å². The Morgan fingerprint density at radius 2 is 1.56 bits per heavy atom. The smallest absolute Gasteiger partial charge is 0.186 e. The summed E-state index contributed by atoms with van der Waals surface area (Å²) in [5.41, 5.74) is 1.61. The van der Waals surface area contributed by atoms with Gasteiger partial charge in [0, 0.05) is 0 Å². The van der Waals surface area contributed by atoms with E-state index < -0.39 is 11.1 Å². The first-order valence-corrected chi connectivity index (χ1v) is 5.78. The molecule has 2 N–H and O–H groups in total. The number of benzene rings is 2. The van der Waals surface area contributed by atoms with Crippen molar-refractivity contribution in [2.75, 3.05) is 0 Å². The number of hydrogen-bond donors (Lipinski definition) is 2. The van der Waals surface area contributed by atoms with Crippen molar-refractivity contribution < 1.29 is 13.9 Å². The second-order valence-corrected chi connectivity index (χ2v) is 4.30. The van der Waals surface area contributed by atoms with Gasteiger partial charge in [-0.1, -0.05) is 24.3 Å². The summed E-state index contributed by atoms with van der Waals surface area (Å²) < 4.78 is 19.9. The van der Waals surface area contributed by atoms with Crippen LogP contribution in [0.15, 0.2) is 53.4 Å². The summed E-state index contributed by atoms with van der Waals surface area (Å²) in [6, 6.07) is 13.5. The average Bonchev–Trinajstić information content (AvgIpc) is 2.29. The van der Waals surface area contributed by atoms with E-state index in [1.165, 1.54) is 0 Å². The van der Waals surface area contributed by atoms with Crippen molar-refractivity contribution in [1.82, 2.24) is 0 Å². The molecule has 0 saturated heterocycles. The molecule has 0 heterocycles. The lowest BCUT2D eigenvalue weighted by Gasteiger charge is -2.03. The third-order valence-corrected chi connectivity index (χ3v) is 2.87. The molecule has 0 aliphatic rings. The van der Waals surface area contributed by atoms with Gasteiger partial charge >= 0.3 is 0 Å². The van der Waals surface area contributed by atoms with Gasteiger partial charge in [-0.2, -0.15) is 0 Å². The first-order chi connectivity index (χ1) is 7.66. The van der Waals surface area contributed by atoms with Gasteiger partial charge in [0.25, 0.3) is 0 Å². The van der Waals surface area contributed by atoms with E-state index in [1.54, 1.807) is 36.4 Å². The van der Waals surface area contributed by atoms with Gasteiger partial charge in [0.15, 0.2) is 11.1 Å². The molecule has 16 heavy (non-hydrogen) atoms. The van der Waals surface area contributed by atoms with Crippen molar-refractivity contribution in [1.29, 1.82) is 0 Å². The van der Waals surface area contributed by atoms with Crippen molar-refractivity contribution in [3.8, 4) is 16.9 Å². The van der Waals surface area contributed by atoms with Crippen molar-refractivity contribution in [3.63, 3.8) is 0 Å². The van der Waals surface area contributed by atoms with Crippen LogP contribution in [0.25, 0.3) is 11.1 Å². The van der Waals surface area contributed by atoms with E-state index in [2.05, 4.69) is 0 Å². The van der Waals surface area contributed by atoms with E-state index in [9.17, 15) is 9.32 Å². The molecule has 0 fully saturated rings. The molecule has 1 atom stereocenters. The molecule has 0 aliphatic carbocycles. The Morgan fingerprint density at radius 1 is 0.938 bits per heavy atom. The van der Waals surface area contributed by atoms with Crippen LogP contribution in [0, 0.1) is 0 Å². The quantitative estimate of drug-likeness (QED) is 0.785. The fourth-order valence-corrected chi connectivity index (χ4v) is 1.89. The standard InChI is InChI=1S/C12H10O3S/c13-11-5-1-3-9(7-11)10-4-2-6-12(8-10)16(14)15/h1-8,13H,(H,14,15). The van der Waals surface area contributed by atoms with Crippen LogP contribution in [-0.2, 0) is 11.1 Å². The largest absolute Gasteiger partial charge is 0.508 e. The number of phenols is 1. The Kier molecular flexibility index (Phi) is 3.03. The number of rotatable bonds is 2. The van der Waals surface area contributed by atoms with Gasteiger partial charge in [-0.25, -0.2) is 4.21 Å². The topological polar surface area (TPSA) is 57.5 Å². The molecular weight excluding hydrogens is 224 g/mol. The molecule has 0 spiro atoms. The zero-order valence-corrected chi connectivity index (χ0v) is 9.15. The molecule has 2 aromatic carbocycles.